The Bertz CT molecular complexity index is 863. The van der Waals surface area contributed by atoms with Crippen LogP contribution in [0.1, 0.15) is 10.4 Å². The number of nitrogens with one attached hydrogen (secondary N) is 2. The highest BCUT2D eigenvalue weighted by Crippen LogP contribution is 2.23. The molecule has 0 saturated heterocycles. The van der Waals surface area contributed by atoms with Crippen LogP contribution in [0.3, 0.4) is 0 Å². The van der Waals surface area contributed by atoms with Gasteiger partial charge in [-0.25, -0.2) is 4.79 Å². The number of hydrogen-bond donors (Lipinski definition) is 2. The van der Waals surface area contributed by atoms with Crippen molar-refractivity contribution in [3.8, 4) is 0 Å². The second-order valence-electron chi connectivity index (χ2n) is 5.99. The van der Waals surface area contributed by atoms with Crippen LogP contribution in [0.25, 0.3) is 0 Å². The van der Waals surface area contributed by atoms with Gasteiger partial charge in [0.15, 0.2) is 6.61 Å². The van der Waals surface area contributed by atoms with E-state index in [9.17, 15) is 19.7 Å². The van der Waals surface area contributed by atoms with Crippen LogP contribution < -0.4 is 10.6 Å². The largest absolute Gasteiger partial charge is 0.452 e. The lowest BCUT2D eigenvalue weighted by Gasteiger charge is -2.12. The van der Waals surface area contributed by atoms with Crippen molar-refractivity contribution >= 4 is 35.0 Å². The topological polar surface area (TPSA) is 120 Å². The third kappa shape index (κ3) is 7.72. The van der Waals surface area contributed by atoms with Crippen molar-refractivity contribution < 1.29 is 24.0 Å². The molecular weight excluding hydrogens is 410 g/mol. The Morgan fingerprint density at radius 1 is 1.13 bits per heavy atom. The lowest BCUT2D eigenvalue weighted by molar-refractivity contribution is -0.384. The molecule has 0 bridgehead atoms. The molecule has 30 heavy (non-hydrogen) atoms. The van der Waals surface area contributed by atoms with Crippen LogP contribution in [0.2, 0.25) is 0 Å². The van der Waals surface area contributed by atoms with Crippen molar-refractivity contribution in [2.75, 3.05) is 44.5 Å². The second-order valence-corrected chi connectivity index (χ2v) is 7.16. The standard InChI is InChI=1S/C20H23N3O6S/c1-28-11-9-21-18-8-7-15(23(26)27)13-17(18)20(25)29-14-19(24)22-10-12-30-16-5-3-2-4-6-16/h2-8,13,21H,9-12,14H2,1H3,(H,22,24). The summed E-state index contributed by atoms with van der Waals surface area (Å²) in [5.41, 5.74) is 0.0942. The number of anilines is 1. The summed E-state index contributed by atoms with van der Waals surface area (Å²) in [5.74, 6) is -0.605. The highest BCUT2D eigenvalue weighted by atomic mass is 32.2. The smallest absolute Gasteiger partial charge is 0.341 e. The molecule has 0 radical (unpaired) electrons. The lowest BCUT2D eigenvalue weighted by atomic mass is 10.1. The molecule has 0 atom stereocenters. The molecule has 2 aromatic rings. The summed E-state index contributed by atoms with van der Waals surface area (Å²) in [5, 5.41) is 16.6. The van der Waals surface area contributed by atoms with Crippen LogP contribution in [0, 0.1) is 10.1 Å². The molecular formula is C20H23N3O6S. The molecule has 0 aliphatic heterocycles. The highest BCUT2D eigenvalue weighted by Gasteiger charge is 2.19. The van der Waals surface area contributed by atoms with Crippen molar-refractivity contribution in [3.05, 3.63) is 64.2 Å². The van der Waals surface area contributed by atoms with Crippen molar-refractivity contribution in [2.45, 2.75) is 4.90 Å². The van der Waals surface area contributed by atoms with E-state index in [2.05, 4.69) is 10.6 Å². The quantitative estimate of drug-likeness (QED) is 0.172. The Hall–Kier alpha value is -3.11. The maximum absolute atomic E-state index is 12.4. The first-order valence-corrected chi connectivity index (χ1v) is 10.1. The third-order valence-electron chi connectivity index (χ3n) is 3.83. The van der Waals surface area contributed by atoms with E-state index >= 15 is 0 Å². The molecule has 0 fully saturated rings. The average molecular weight is 433 g/mol. The van der Waals surface area contributed by atoms with Gasteiger partial charge >= 0.3 is 5.97 Å². The number of hydrogen-bond acceptors (Lipinski definition) is 8. The fraction of sp³-hybridized carbons (Fsp3) is 0.300. The minimum atomic E-state index is -0.826. The van der Waals surface area contributed by atoms with Gasteiger partial charge in [0.2, 0.25) is 0 Å². The number of nitro groups is 1. The molecule has 0 heterocycles. The number of rotatable bonds is 12. The molecule has 0 saturated carbocycles. The summed E-state index contributed by atoms with van der Waals surface area (Å²) in [6.07, 6.45) is 0. The monoisotopic (exact) mass is 433 g/mol. The van der Waals surface area contributed by atoms with Crippen LogP contribution >= 0.6 is 11.8 Å². The number of thioether (sulfide) groups is 1. The molecule has 0 aliphatic rings. The summed E-state index contributed by atoms with van der Waals surface area (Å²) in [6.45, 7) is 0.717. The number of amides is 1. The first kappa shape index (κ1) is 23.2. The first-order chi connectivity index (χ1) is 14.5. The maximum atomic E-state index is 12.4. The zero-order valence-corrected chi connectivity index (χ0v) is 17.3. The Balaban J connectivity index is 1.85. The minimum absolute atomic E-state index is 0.0206. The third-order valence-corrected chi connectivity index (χ3v) is 4.84. The summed E-state index contributed by atoms with van der Waals surface area (Å²) in [6, 6.07) is 13.6. The summed E-state index contributed by atoms with van der Waals surface area (Å²) < 4.78 is 9.97. The van der Waals surface area contributed by atoms with Gasteiger partial charge in [0.05, 0.1) is 17.1 Å². The molecule has 1 amide bonds. The molecule has 9 nitrogen and oxygen atoms in total. The molecule has 2 N–H and O–H groups in total. The van der Waals surface area contributed by atoms with E-state index in [-0.39, 0.29) is 11.3 Å². The number of non-ortho nitro benzene ring substituents is 1. The van der Waals surface area contributed by atoms with Gasteiger partial charge in [-0.3, -0.25) is 14.9 Å². The van der Waals surface area contributed by atoms with E-state index in [1.807, 2.05) is 30.3 Å². The van der Waals surface area contributed by atoms with E-state index in [1.54, 1.807) is 11.8 Å². The summed E-state index contributed by atoms with van der Waals surface area (Å²) >= 11 is 1.59. The fourth-order valence-corrected chi connectivity index (χ4v) is 3.18. The molecule has 0 aromatic heterocycles. The molecule has 10 heteroatoms. The number of benzene rings is 2. The molecule has 160 valence electrons. The number of ether oxygens (including phenoxy) is 2. The minimum Gasteiger partial charge on any atom is -0.452 e. The van der Waals surface area contributed by atoms with E-state index in [1.165, 1.54) is 19.2 Å². The Morgan fingerprint density at radius 2 is 1.90 bits per heavy atom. The van der Waals surface area contributed by atoms with Crippen LogP contribution in [0.5, 0.6) is 0 Å². The van der Waals surface area contributed by atoms with Crippen LogP contribution in [-0.2, 0) is 14.3 Å². The first-order valence-electron chi connectivity index (χ1n) is 9.14. The van der Waals surface area contributed by atoms with Crippen molar-refractivity contribution in [1.29, 1.82) is 0 Å². The number of nitrogens with zero attached hydrogens (tertiary/aromatic N) is 1. The van der Waals surface area contributed by atoms with Gasteiger partial charge < -0.3 is 20.1 Å². The number of methoxy groups -OCH3 is 1. The van der Waals surface area contributed by atoms with E-state index < -0.39 is 23.4 Å². The molecule has 0 unspecified atom stereocenters. The molecule has 2 aromatic carbocycles. The Morgan fingerprint density at radius 3 is 2.60 bits per heavy atom. The van der Waals surface area contributed by atoms with Crippen molar-refractivity contribution in [2.24, 2.45) is 0 Å². The predicted molar refractivity (Wildman–Crippen MR) is 114 cm³/mol. The zero-order chi connectivity index (χ0) is 21.8. The Kier molecular flexibility index (Phi) is 9.62. The number of carbonyl (C=O) groups excluding carboxylic acids is 2. The number of esters is 1. The second kappa shape index (κ2) is 12.5. The summed E-state index contributed by atoms with van der Waals surface area (Å²) in [4.78, 5) is 35.8. The average Bonchev–Trinajstić information content (AvgIpc) is 2.76. The predicted octanol–water partition coefficient (Wildman–Crippen LogP) is 2.72. The van der Waals surface area contributed by atoms with Crippen LogP contribution in [0.15, 0.2) is 53.4 Å². The molecule has 0 aliphatic carbocycles. The number of nitro benzene ring substituents is 1. The van der Waals surface area contributed by atoms with Gasteiger partial charge in [-0.05, 0) is 18.2 Å². The van der Waals surface area contributed by atoms with E-state index in [4.69, 9.17) is 9.47 Å². The van der Waals surface area contributed by atoms with Crippen molar-refractivity contribution in [1.82, 2.24) is 5.32 Å². The van der Waals surface area contributed by atoms with Crippen molar-refractivity contribution in [3.63, 3.8) is 0 Å². The molecule has 0 spiro atoms. The van der Waals surface area contributed by atoms with Gasteiger partial charge in [-0.1, -0.05) is 18.2 Å². The molecule has 2 rings (SSSR count). The lowest BCUT2D eigenvalue weighted by Crippen LogP contribution is -2.30. The van der Waals surface area contributed by atoms with Gasteiger partial charge in [-0.2, -0.15) is 0 Å². The number of carbonyl (C=O) groups is 2. The van der Waals surface area contributed by atoms with E-state index in [0.29, 0.717) is 31.1 Å². The van der Waals surface area contributed by atoms with Crippen LogP contribution in [0.4, 0.5) is 11.4 Å². The van der Waals surface area contributed by atoms with Gasteiger partial charge in [0.1, 0.15) is 0 Å². The summed E-state index contributed by atoms with van der Waals surface area (Å²) in [7, 11) is 1.53. The highest BCUT2D eigenvalue weighted by molar-refractivity contribution is 7.99. The Labute approximate surface area is 178 Å². The van der Waals surface area contributed by atoms with Gasteiger partial charge in [0.25, 0.3) is 11.6 Å². The van der Waals surface area contributed by atoms with Gasteiger partial charge in [-0.15, -0.1) is 11.8 Å². The van der Waals surface area contributed by atoms with Gasteiger partial charge in [0, 0.05) is 48.7 Å². The fourth-order valence-electron chi connectivity index (χ4n) is 2.39. The maximum Gasteiger partial charge on any atom is 0.341 e. The SMILES string of the molecule is COCCNc1ccc([N+](=O)[O-])cc1C(=O)OCC(=O)NCCSc1ccccc1. The zero-order valence-electron chi connectivity index (χ0n) is 16.5. The van der Waals surface area contributed by atoms with Crippen LogP contribution in [-0.4, -0.2) is 56.0 Å². The van der Waals surface area contributed by atoms with E-state index in [0.717, 1.165) is 11.0 Å². The normalized spacial score (nSPS) is 10.3.